The summed E-state index contributed by atoms with van der Waals surface area (Å²) in [5.74, 6) is 0.933. The predicted molar refractivity (Wildman–Crippen MR) is 107 cm³/mol. The molecule has 0 amide bonds. The fourth-order valence-corrected chi connectivity index (χ4v) is 5.24. The van der Waals surface area contributed by atoms with Gasteiger partial charge in [0.25, 0.3) is 0 Å². The van der Waals surface area contributed by atoms with Gasteiger partial charge in [-0.05, 0) is 92.7 Å². The third kappa shape index (κ3) is 5.65. The first kappa shape index (κ1) is 21.0. The summed E-state index contributed by atoms with van der Waals surface area (Å²) >= 11 is 0. The van der Waals surface area contributed by atoms with Crippen molar-refractivity contribution < 1.29 is 18.3 Å². The van der Waals surface area contributed by atoms with E-state index in [9.17, 15) is 13.6 Å². The van der Waals surface area contributed by atoms with E-state index in [4.69, 9.17) is 4.74 Å². The number of halogens is 2. The SMILES string of the molecule is C=CC(=O)OCCCC1CCC(C2CCC(c3ccc(F)c(F)c3)CC2)CC1. The van der Waals surface area contributed by atoms with E-state index >= 15 is 0 Å². The van der Waals surface area contributed by atoms with Crippen LogP contribution in [0.25, 0.3) is 0 Å². The van der Waals surface area contributed by atoms with Crippen molar-refractivity contribution in [3.05, 3.63) is 48.1 Å². The zero-order valence-electron chi connectivity index (χ0n) is 16.7. The molecular weight excluding hydrogens is 358 g/mol. The molecule has 154 valence electrons. The minimum atomic E-state index is -0.756. The normalized spacial score (nSPS) is 27.9. The second kappa shape index (κ2) is 10.2. The highest BCUT2D eigenvalue weighted by Gasteiger charge is 2.31. The van der Waals surface area contributed by atoms with Gasteiger partial charge in [-0.2, -0.15) is 0 Å². The molecule has 0 bridgehead atoms. The number of ether oxygens (including phenoxy) is 1. The molecule has 0 aromatic heterocycles. The molecule has 28 heavy (non-hydrogen) atoms. The average molecular weight is 391 g/mol. The van der Waals surface area contributed by atoms with E-state index in [2.05, 4.69) is 6.58 Å². The molecule has 2 nitrogen and oxygen atoms in total. The maximum absolute atomic E-state index is 13.5. The molecule has 3 rings (SSSR count). The van der Waals surface area contributed by atoms with Crippen molar-refractivity contribution in [2.24, 2.45) is 17.8 Å². The van der Waals surface area contributed by atoms with Crippen LogP contribution in [0.2, 0.25) is 0 Å². The molecule has 0 radical (unpaired) electrons. The van der Waals surface area contributed by atoms with E-state index in [0.717, 1.165) is 49.0 Å². The summed E-state index contributed by atoms with van der Waals surface area (Å²) in [6.07, 6.45) is 13.0. The molecule has 0 N–H and O–H groups in total. The van der Waals surface area contributed by atoms with Gasteiger partial charge < -0.3 is 4.74 Å². The Morgan fingerprint density at radius 3 is 2.25 bits per heavy atom. The fraction of sp³-hybridized carbons (Fsp3) is 0.625. The Morgan fingerprint density at radius 2 is 1.64 bits per heavy atom. The van der Waals surface area contributed by atoms with Crippen LogP contribution < -0.4 is 0 Å². The number of hydrogen-bond donors (Lipinski definition) is 0. The summed E-state index contributed by atoms with van der Waals surface area (Å²) in [6, 6.07) is 4.40. The Labute approximate surface area is 167 Å². The van der Waals surface area contributed by atoms with Crippen LogP contribution in [0.5, 0.6) is 0 Å². The van der Waals surface area contributed by atoms with E-state index in [-0.39, 0.29) is 5.97 Å². The van der Waals surface area contributed by atoms with Crippen LogP contribution in [0.15, 0.2) is 30.9 Å². The van der Waals surface area contributed by atoms with Crippen molar-refractivity contribution in [3.63, 3.8) is 0 Å². The van der Waals surface area contributed by atoms with Crippen molar-refractivity contribution in [1.82, 2.24) is 0 Å². The minimum absolute atomic E-state index is 0.331. The second-order valence-corrected chi connectivity index (χ2v) is 8.58. The predicted octanol–water partition coefficient (Wildman–Crippen LogP) is 6.55. The standard InChI is InChI=1S/C24H32F2O2/c1-2-24(27)28-15-3-4-17-5-7-18(8-6-17)19-9-11-20(12-10-19)21-13-14-22(25)23(26)16-21/h2,13-14,16-20H,1,3-12,15H2. The number of hydrogen-bond acceptors (Lipinski definition) is 2. The molecule has 2 fully saturated rings. The zero-order valence-corrected chi connectivity index (χ0v) is 16.7. The molecule has 2 aliphatic carbocycles. The lowest BCUT2D eigenvalue weighted by atomic mass is 9.68. The third-order valence-electron chi connectivity index (χ3n) is 6.91. The van der Waals surface area contributed by atoms with Gasteiger partial charge in [0, 0.05) is 6.08 Å². The summed E-state index contributed by atoms with van der Waals surface area (Å²) in [5, 5.41) is 0. The van der Waals surface area contributed by atoms with Crippen LogP contribution in [-0.2, 0) is 9.53 Å². The van der Waals surface area contributed by atoms with Gasteiger partial charge in [-0.25, -0.2) is 13.6 Å². The lowest BCUT2D eigenvalue weighted by molar-refractivity contribution is -0.137. The van der Waals surface area contributed by atoms with Gasteiger partial charge in [-0.3, -0.25) is 0 Å². The van der Waals surface area contributed by atoms with Crippen molar-refractivity contribution >= 4 is 5.97 Å². The van der Waals surface area contributed by atoms with E-state index < -0.39 is 11.6 Å². The third-order valence-corrected chi connectivity index (χ3v) is 6.91. The van der Waals surface area contributed by atoms with Gasteiger partial charge in [-0.1, -0.05) is 25.5 Å². The lowest BCUT2D eigenvalue weighted by Crippen LogP contribution is -2.25. The first-order valence-corrected chi connectivity index (χ1v) is 10.8. The molecule has 2 aliphatic rings. The number of esters is 1. The number of carbonyl (C=O) groups is 1. The highest BCUT2D eigenvalue weighted by molar-refractivity contribution is 5.81. The highest BCUT2D eigenvalue weighted by Crippen LogP contribution is 2.44. The maximum atomic E-state index is 13.5. The largest absolute Gasteiger partial charge is 0.463 e. The molecule has 4 heteroatoms. The molecule has 1 aromatic carbocycles. The Morgan fingerprint density at radius 1 is 1.00 bits per heavy atom. The molecular formula is C24H32F2O2. The van der Waals surface area contributed by atoms with Crippen LogP contribution in [0, 0.1) is 29.4 Å². The van der Waals surface area contributed by atoms with E-state index in [1.54, 1.807) is 6.07 Å². The minimum Gasteiger partial charge on any atom is -0.463 e. The molecule has 0 heterocycles. The van der Waals surface area contributed by atoms with E-state index in [1.807, 2.05) is 0 Å². The van der Waals surface area contributed by atoms with Crippen LogP contribution in [0.3, 0.4) is 0 Å². The number of carbonyl (C=O) groups excluding carboxylic acids is 1. The maximum Gasteiger partial charge on any atom is 0.330 e. The molecule has 1 aromatic rings. The second-order valence-electron chi connectivity index (χ2n) is 8.58. The van der Waals surface area contributed by atoms with Crippen molar-refractivity contribution in [1.29, 1.82) is 0 Å². The molecule has 2 saturated carbocycles. The molecule has 0 aliphatic heterocycles. The van der Waals surface area contributed by atoms with Gasteiger partial charge in [0.1, 0.15) is 0 Å². The average Bonchev–Trinajstić information content (AvgIpc) is 2.73. The van der Waals surface area contributed by atoms with Gasteiger partial charge in [0.05, 0.1) is 6.61 Å². The Bertz CT molecular complexity index is 657. The lowest BCUT2D eigenvalue weighted by Gasteiger charge is -2.38. The topological polar surface area (TPSA) is 26.3 Å². The van der Waals surface area contributed by atoms with Crippen LogP contribution in [0.4, 0.5) is 8.78 Å². The summed E-state index contributed by atoms with van der Waals surface area (Å²) in [5.41, 5.74) is 0.957. The van der Waals surface area contributed by atoms with Gasteiger partial charge in [0.2, 0.25) is 0 Å². The van der Waals surface area contributed by atoms with Gasteiger partial charge in [0.15, 0.2) is 11.6 Å². The van der Waals surface area contributed by atoms with Gasteiger partial charge in [-0.15, -0.1) is 0 Å². The van der Waals surface area contributed by atoms with Crippen LogP contribution in [0.1, 0.15) is 75.7 Å². The van der Waals surface area contributed by atoms with Crippen LogP contribution in [-0.4, -0.2) is 12.6 Å². The number of benzene rings is 1. The summed E-state index contributed by atoms with van der Waals surface area (Å²) in [7, 11) is 0. The summed E-state index contributed by atoms with van der Waals surface area (Å²) < 4.78 is 31.7. The number of rotatable bonds is 7. The molecule has 0 spiro atoms. The Kier molecular flexibility index (Phi) is 7.64. The van der Waals surface area contributed by atoms with Crippen molar-refractivity contribution in [3.8, 4) is 0 Å². The smallest absolute Gasteiger partial charge is 0.330 e. The summed E-state index contributed by atoms with van der Waals surface area (Å²) in [6.45, 7) is 3.90. The quantitative estimate of drug-likeness (QED) is 0.300. The first-order chi connectivity index (χ1) is 13.6. The highest BCUT2D eigenvalue weighted by atomic mass is 19.2. The Hall–Kier alpha value is -1.71. The van der Waals surface area contributed by atoms with Gasteiger partial charge >= 0.3 is 5.97 Å². The van der Waals surface area contributed by atoms with Crippen LogP contribution >= 0.6 is 0 Å². The molecule has 0 atom stereocenters. The fourth-order valence-electron chi connectivity index (χ4n) is 5.24. The van der Waals surface area contributed by atoms with Crippen molar-refractivity contribution in [2.75, 3.05) is 6.61 Å². The monoisotopic (exact) mass is 390 g/mol. The molecule has 0 saturated heterocycles. The first-order valence-electron chi connectivity index (χ1n) is 10.8. The van der Waals surface area contributed by atoms with E-state index in [0.29, 0.717) is 12.5 Å². The summed E-state index contributed by atoms with van der Waals surface area (Å²) in [4.78, 5) is 11.1. The van der Waals surface area contributed by atoms with E-state index in [1.165, 1.54) is 56.7 Å². The van der Waals surface area contributed by atoms with Crippen molar-refractivity contribution in [2.45, 2.75) is 70.1 Å². The molecule has 0 unspecified atom stereocenters. The Balaban J connectivity index is 1.36. The zero-order chi connectivity index (χ0) is 19.9.